The molecule has 1 atom stereocenters. The molecule has 2 aromatic rings. The molecule has 1 aliphatic heterocycles. The maximum Gasteiger partial charge on any atom is 0.255 e. The molecular weight excluding hydrogens is 358 g/mol. The molecule has 0 saturated carbocycles. The lowest BCUT2D eigenvalue weighted by Gasteiger charge is -2.25. The van der Waals surface area contributed by atoms with Crippen LogP contribution in [0.3, 0.4) is 0 Å². The summed E-state index contributed by atoms with van der Waals surface area (Å²) >= 11 is 11.0. The Labute approximate surface area is 135 Å². The van der Waals surface area contributed by atoms with E-state index in [4.69, 9.17) is 11.6 Å². The standard InChI is InChI=1S/C15H13BrClNOS/c16-14-8-11(9-20-14)15(19)18-6-2-5-13(18)10-3-1-4-12(17)7-10/h1,3-4,7-9,13H,2,5-6H2. The Balaban J connectivity index is 1.87. The maximum atomic E-state index is 12.6. The largest absolute Gasteiger partial charge is 0.332 e. The van der Waals surface area contributed by atoms with Crippen molar-refractivity contribution in [1.29, 1.82) is 0 Å². The lowest BCUT2D eigenvalue weighted by atomic mass is 10.0. The van der Waals surface area contributed by atoms with E-state index in [1.165, 1.54) is 11.3 Å². The second kappa shape index (κ2) is 5.88. The first-order chi connectivity index (χ1) is 9.65. The van der Waals surface area contributed by atoms with Crippen LogP contribution in [-0.4, -0.2) is 17.4 Å². The minimum absolute atomic E-state index is 0.106. The van der Waals surface area contributed by atoms with Gasteiger partial charge in [-0.1, -0.05) is 23.7 Å². The van der Waals surface area contributed by atoms with E-state index >= 15 is 0 Å². The van der Waals surface area contributed by atoms with Crippen LogP contribution in [0.25, 0.3) is 0 Å². The Bertz CT molecular complexity index is 642. The van der Waals surface area contributed by atoms with E-state index in [-0.39, 0.29) is 11.9 Å². The molecule has 1 unspecified atom stereocenters. The SMILES string of the molecule is O=C(c1csc(Br)c1)N1CCCC1c1cccc(Cl)c1. The molecule has 1 amide bonds. The number of nitrogens with zero attached hydrogens (tertiary/aromatic N) is 1. The fourth-order valence-electron chi connectivity index (χ4n) is 2.66. The first kappa shape index (κ1) is 14.1. The van der Waals surface area contributed by atoms with Crippen molar-refractivity contribution in [3.8, 4) is 0 Å². The highest BCUT2D eigenvalue weighted by Gasteiger charge is 2.30. The molecule has 0 aliphatic carbocycles. The molecule has 0 spiro atoms. The molecule has 1 fully saturated rings. The highest BCUT2D eigenvalue weighted by Crippen LogP contribution is 2.35. The first-order valence-corrected chi connectivity index (χ1v) is 8.50. The highest BCUT2D eigenvalue weighted by molar-refractivity contribution is 9.11. The number of halogens is 2. The molecule has 0 N–H and O–H groups in total. The Hall–Kier alpha value is -0.840. The van der Waals surface area contributed by atoms with Crippen LogP contribution in [0.15, 0.2) is 39.5 Å². The fraction of sp³-hybridized carbons (Fsp3) is 0.267. The van der Waals surface area contributed by atoms with Gasteiger partial charge in [-0.3, -0.25) is 4.79 Å². The number of hydrogen-bond donors (Lipinski definition) is 0. The predicted octanol–water partition coefficient (Wildman–Crippen LogP) is 5.14. The Morgan fingerprint density at radius 2 is 2.25 bits per heavy atom. The Morgan fingerprint density at radius 1 is 1.40 bits per heavy atom. The van der Waals surface area contributed by atoms with Gasteiger partial charge in [-0.05, 0) is 52.5 Å². The smallest absolute Gasteiger partial charge is 0.255 e. The number of likely N-dealkylation sites (tertiary alicyclic amines) is 1. The van der Waals surface area contributed by atoms with Crippen LogP contribution in [-0.2, 0) is 0 Å². The summed E-state index contributed by atoms with van der Waals surface area (Å²) in [5, 5.41) is 2.62. The maximum absolute atomic E-state index is 12.6. The molecule has 2 heterocycles. The van der Waals surface area contributed by atoms with E-state index < -0.39 is 0 Å². The van der Waals surface area contributed by atoms with Crippen molar-refractivity contribution in [1.82, 2.24) is 4.90 Å². The monoisotopic (exact) mass is 369 g/mol. The van der Waals surface area contributed by atoms with Gasteiger partial charge in [0.2, 0.25) is 0 Å². The number of carbonyl (C=O) groups excluding carboxylic acids is 1. The molecule has 2 nitrogen and oxygen atoms in total. The number of thiophene rings is 1. The van der Waals surface area contributed by atoms with Gasteiger partial charge in [0.05, 0.1) is 15.4 Å². The van der Waals surface area contributed by atoms with Crippen LogP contribution in [0.1, 0.15) is 34.8 Å². The number of rotatable bonds is 2. The summed E-state index contributed by atoms with van der Waals surface area (Å²) in [5.41, 5.74) is 1.88. The van der Waals surface area contributed by atoms with Gasteiger partial charge in [0, 0.05) is 16.9 Å². The number of amides is 1. The molecule has 104 valence electrons. The van der Waals surface area contributed by atoms with E-state index in [2.05, 4.69) is 15.9 Å². The normalized spacial score (nSPS) is 18.5. The molecule has 1 aliphatic rings. The van der Waals surface area contributed by atoms with Crippen LogP contribution in [0.4, 0.5) is 0 Å². The minimum atomic E-state index is 0.106. The van der Waals surface area contributed by atoms with Gasteiger partial charge in [0.15, 0.2) is 0 Å². The third-order valence-corrected chi connectivity index (χ3v) is 5.30. The molecule has 20 heavy (non-hydrogen) atoms. The molecule has 1 aromatic carbocycles. The highest BCUT2D eigenvalue weighted by atomic mass is 79.9. The van der Waals surface area contributed by atoms with Gasteiger partial charge in [0.25, 0.3) is 5.91 Å². The Morgan fingerprint density at radius 3 is 2.95 bits per heavy atom. The lowest BCUT2D eigenvalue weighted by Crippen LogP contribution is -2.30. The molecule has 1 saturated heterocycles. The summed E-state index contributed by atoms with van der Waals surface area (Å²) in [4.78, 5) is 14.6. The second-order valence-corrected chi connectivity index (χ2v) is 7.58. The summed E-state index contributed by atoms with van der Waals surface area (Å²) in [6.45, 7) is 0.809. The Kier molecular flexibility index (Phi) is 4.15. The molecule has 0 bridgehead atoms. The fourth-order valence-corrected chi connectivity index (χ4v) is 3.99. The third-order valence-electron chi connectivity index (χ3n) is 3.56. The molecule has 3 rings (SSSR count). The lowest BCUT2D eigenvalue weighted by molar-refractivity contribution is 0.0736. The van der Waals surface area contributed by atoms with E-state index in [1.54, 1.807) is 0 Å². The zero-order valence-electron chi connectivity index (χ0n) is 10.7. The van der Waals surface area contributed by atoms with Crippen LogP contribution >= 0.6 is 38.9 Å². The molecule has 0 radical (unpaired) electrons. The summed E-state index contributed by atoms with van der Waals surface area (Å²) in [6.07, 6.45) is 2.03. The first-order valence-electron chi connectivity index (χ1n) is 6.45. The summed E-state index contributed by atoms with van der Waals surface area (Å²) in [7, 11) is 0. The topological polar surface area (TPSA) is 20.3 Å². The average Bonchev–Trinajstić information content (AvgIpc) is 3.06. The summed E-state index contributed by atoms with van der Waals surface area (Å²) in [5.74, 6) is 0.106. The van der Waals surface area contributed by atoms with Crippen molar-refractivity contribution in [2.75, 3.05) is 6.54 Å². The predicted molar refractivity (Wildman–Crippen MR) is 86.5 cm³/mol. The van der Waals surface area contributed by atoms with Gasteiger partial charge < -0.3 is 4.90 Å². The molecule has 5 heteroatoms. The van der Waals surface area contributed by atoms with Gasteiger partial charge >= 0.3 is 0 Å². The number of carbonyl (C=O) groups is 1. The number of hydrogen-bond acceptors (Lipinski definition) is 2. The molecular formula is C15H13BrClNOS. The van der Waals surface area contributed by atoms with Crippen LogP contribution < -0.4 is 0 Å². The van der Waals surface area contributed by atoms with E-state index in [1.807, 2.05) is 40.6 Å². The van der Waals surface area contributed by atoms with Crippen molar-refractivity contribution in [2.24, 2.45) is 0 Å². The van der Waals surface area contributed by atoms with Crippen molar-refractivity contribution in [2.45, 2.75) is 18.9 Å². The summed E-state index contributed by atoms with van der Waals surface area (Å²) in [6, 6.07) is 9.84. The van der Waals surface area contributed by atoms with Crippen molar-refractivity contribution in [3.05, 3.63) is 55.6 Å². The van der Waals surface area contributed by atoms with Crippen molar-refractivity contribution < 1.29 is 4.79 Å². The zero-order chi connectivity index (χ0) is 14.1. The van der Waals surface area contributed by atoms with Crippen LogP contribution in [0, 0.1) is 0 Å². The average molecular weight is 371 g/mol. The summed E-state index contributed by atoms with van der Waals surface area (Å²) < 4.78 is 0.986. The second-order valence-electron chi connectivity index (χ2n) is 4.85. The van der Waals surface area contributed by atoms with E-state index in [0.29, 0.717) is 0 Å². The quantitative estimate of drug-likeness (QED) is 0.716. The van der Waals surface area contributed by atoms with Crippen molar-refractivity contribution >= 4 is 44.8 Å². The van der Waals surface area contributed by atoms with Gasteiger partial charge in [-0.15, -0.1) is 11.3 Å². The minimum Gasteiger partial charge on any atom is -0.332 e. The van der Waals surface area contributed by atoms with E-state index in [0.717, 1.165) is 39.3 Å². The van der Waals surface area contributed by atoms with Crippen LogP contribution in [0.5, 0.6) is 0 Å². The molecule has 1 aromatic heterocycles. The van der Waals surface area contributed by atoms with Crippen LogP contribution in [0.2, 0.25) is 5.02 Å². The van der Waals surface area contributed by atoms with Gasteiger partial charge in [0.1, 0.15) is 0 Å². The van der Waals surface area contributed by atoms with Crippen molar-refractivity contribution in [3.63, 3.8) is 0 Å². The zero-order valence-corrected chi connectivity index (χ0v) is 13.8. The number of benzene rings is 1. The van der Waals surface area contributed by atoms with Gasteiger partial charge in [-0.25, -0.2) is 0 Å². The van der Waals surface area contributed by atoms with E-state index in [9.17, 15) is 4.79 Å². The van der Waals surface area contributed by atoms with Gasteiger partial charge in [-0.2, -0.15) is 0 Å². The third kappa shape index (κ3) is 2.78.